The highest BCUT2D eigenvalue weighted by Gasteiger charge is 2.38. The van der Waals surface area contributed by atoms with Gasteiger partial charge < -0.3 is 19.4 Å². The highest BCUT2D eigenvalue weighted by molar-refractivity contribution is 7.12. The maximum atomic E-state index is 13.7. The Morgan fingerprint density at radius 1 is 1.00 bits per heavy atom. The van der Waals surface area contributed by atoms with Gasteiger partial charge in [-0.1, -0.05) is 47.5 Å². The number of carbonyl (C=O) groups excluding carboxylic acids is 1. The van der Waals surface area contributed by atoms with Crippen LogP contribution in [0.5, 0.6) is 11.5 Å². The third kappa shape index (κ3) is 8.13. The molecule has 2 aromatic carbocycles. The van der Waals surface area contributed by atoms with Crippen LogP contribution in [0.15, 0.2) is 67.0 Å². The Hall–Kier alpha value is -3.48. The molecule has 3 saturated heterocycles. The second-order valence-electron chi connectivity index (χ2n) is 12.4. The molecule has 2 aromatic heterocycles. The van der Waals surface area contributed by atoms with Gasteiger partial charge in [0.2, 0.25) is 0 Å². The summed E-state index contributed by atoms with van der Waals surface area (Å²) in [6.07, 6.45) is 2.00. The van der Waals surface area contributed by atoms with E-state index < -0.39 is 18.4 Å². The summed E-state index contributed by atoms with van der Waals surface area (Å²) in [5.41, 5.74) is 1.80. The van der Waals surface area contributed by atoms with Crippen LogP contribution in [0.3, 0.4) is 0 Å². The third-order valence-corrected chi connectivity index (χ3v) is 11.2. The summed E-state index contributed by atoms with van der Waals surface area (Å²) in [6.45, 7) is 2.98. The number of ether oxygens (including phenoxy) is 3. The van der Waals surface area contributed by atoms with Crippen LogP contribution < -0.4 is 19.5 Å². The number of thiophene rings is 1. The van der Waals surface area contributed by atoms with Gasteiger partial charge in [-0.25, -0.2) is 13.6 Å². The van der Waals surface area contributed by atoms with Gasteiger partial charge in [-0.2, -0.15) is 4.73 Å². The van der Waals surface area contributed by atoms with Crippen molar-refractivity contribution >= 4 is 40.5 Å². The number of piperidine rings is 3. The Bertz CT molecular complexity index is 1760. The summed E-state index contributed by atoms with van der Waals surface area (Å²) < 4.78 is 45.0. The molecule has 13 heteroatoms. The molecular weight excluding hydrogens is 695 g/mol. The SMILES string of the molecule is COc1ccc([C@H](Cc2c(Cl)c[n+]([O-])cc2Cl)c2ccc(CNC(C(=O)O[C@H]3CN4CCC3CC4)c3cccc(C(F)F)c3)s2)cc1OC. The molecule has 3 fully saturated rings. The fourth-order valence-electron chi connectivity index (χ4n) is 6.73. The predicted octanol–water partition coefficient (Wildman–Crippen LogP) is 7.49. The van der Waals surface area contributed by atoms with Crippen LogP contribution in [0.4, 0.5) is 8.78 Å². The van der Waals surface area contributed by atoms with Gasteiger partial charge in [0, 0.05) is 39.9 Å². The van der Waals surface area contributed by atoms with E-state index in [4.69, 9.17) is 37.4 Å². The van der Waals surface area contributed by atoms with E-state index >= 15 is 0 Å². The minimum absolute atomic E-state index is 0.156. The topological polar surface area (TPSA) is 87.0 Å². The van der Waals surface area contributed by atoms with Crippen molar-refractivity contribution in [3.05, 3.63) is 114 Å². The van der Waals surface area contributed by atoms with Crippen molar-refractivity contribution in [3.8, 4) is 11.5 Å². The molecule has 5 heterocycles. The lowest BCUT2D eigenvalue weighted by atomic mass is 9.86. The summed E-state index contributed by atoms with van der Waals surface area (Å²) in [6, 6.07) is 14.6. The largest absolute Gasteiger partial charge is 0.619 e. The number of fused-ring (bicyclic) bond motifs is 3. The number of nitrogens with one attached hydrogen (secondary N) is 1. The van der Waals surface area contributed by atoms with Gasteiger partial charge >= 0.3 is 5.97 Å². The van der Waals surface area contributed by atoms with Crippen molar-refractivity contribution in [2.45, 2.75) is 50.3 Å². The third-order valence-electron chi connectivity index (χ3n) is 9.38. The van der Waals surface area contributed by atoms with Gasteiger partial charge in [0.05, 0.1) is 14.2 Å². The number of aromatic nitrogens is 1. The average Bonchev–Trinajstić information content (AvgIpc) is 3.57. The van der Waals surface area contributed by atoms with Gasteiger partial charge in [0.1, 0.15) is 22.2 Å². The van der Waals surface area contributed by atoms with E-state index in [2.05, 4.69) is 10.2 Å². The fourth-order valence-corrected chi connectivity index (χ4v) is 8.43. The molecule has 3 aliphatic rings. The van der Waals surface area contributed by atoms with Crippen LogP contribution in [0, 0.1) is 11.1 Å². The highest BCUT2D eigenvalue weighted by atomic mass is 35.5. The van der Waals surface area contributed by atoms with Gasteiger partial charge in [0.25, 0.3) is 6.43 Å². The van der Waals surface area contributed by atoms with Gasteiger partial charge in [-0.3, -0.25) is 10.2 Å². The molecule has 2 bridgehead atoms. The standard InChI is InChI=1S/C36H37Cl2F2N3O5S/c1-46-30-8-6-22(15-31(30)47-2)26(16-27-28(37)18-43(45)19-29(27)38)33-9-7-25(49-33)17-41-34(23-4-3-5-24(14-23)35(39)40)36(44)48-32-20-42-12-10-21(32)11-13-42/h3-9,14-15,18-19,21,26,32,34-35,41H,10-13,16-17,20H2,1-2H3/t26-,32-,34?/m0/s1. The van der Waals surface area contributed by atoms with Crippen molar-refractivity contribution in [3.63, 3.8) is 0 Å². The molecule has 8 nitrogen and oxygen atoms in total. The maximum absolute atomic E-state index is 13.7. The van der Waals surface area contributed by atoms with Crippen molar-refractivity contribution in [1.82, 2.24) is 10.2 Å². The zero-order chi connectivity index (χ0) is 34.7. The average molecular weight is 733 g/mol. The lowest BCUT2D eigenvalue weighted by Crippen LogP contribution is -2.52. The van der Waals surface area contributed by atoms with Crippen LogP contribution in [0.1, 0.15) is 63.2 Å². The van der Waals surface area contributed by atoms with E-state index in [1.807, 2.05) is 30.3 Å². The molecule has 3 aliphatic heterocycles. The van der Waals surface area contributed by atoms with Crippen LogP contribution in [-0.4, -0.2) is 50.8 Å². The predicted molar refractivity (Wildman–Crippen MR) is 185 cm³/mol. The van der Waals surface area contributed by atoms with Crippen LogP contribution in [0.2, 0.25) is 10.0 Å². The number of nitrogens with zero attached hydrogens (tertiary/aromatic N) is 2. The number of carbonyl (C=O) groups is 1. The molecule has 0 spiro atoms. The first-order valence-electron chi connectivity index (χ1n) is 16.0. The first-order valence-corrected chi connectivity index (χ1v) is 17.6. The molecule has 4 aromatic rings. The summed E-state index contributed by atoms with van der Waals surface area (Å²) in [7, 11) is 3.14. The van der Waals surface area contributed by atoms with E-state index in [9.17, 15) is 18.8 Å². The lowest BCUT2D eigenvalue weighted by Gasteiger charge is -2.44. The van der Waals surface area contributed by atoms with E-state index in [1.54, 1.807) is 20.3 Å². The number of benzene rings is 2. The summed E-state index contributed by atoms with van der Waals surface area (Å²) in [5, 5.41) is 15.8. The highest BCUT2D eigenvalue weighted by Crippen LogP contribution is 2.40. The van der Waals surface area contributed by atoms with E-state index in [0.717, 1.165) is 41.2 Å². The van der Waals surface area contributed by atoms with Crippen LogP contribution in [0.25, 0.3) is 0 Å². The maximum Gasteiger partial charge on any atom is 0.328 e. The first-order chi connectivity index (χ1) is 23.6. The molecule has 1 N–H and O–H groups in total. The van der Waals surface area contributed by atoms with E-state index in [1.165, 1.54) is 41.9 Å². The Morgan fingerprint density at radius 3 is 2.37 bits per heavy atom. The fraction of sp³-hybridized carbons (Fsp3) is 0.389. The van der Waals surface area contributed by atoms with Crippen molar-refractivity contribution in [1.29, 1.82) is 0 Å². The van der Waals surface area contributed by atoms with Crippen molar-refractivity contribution < 1.29 is 32.5 Å². The summed E-state index contributed by atoms with van der Waals surface area (Å²) in [5.74, 6) is 0.726. The number of halogens is 4. The minimum Gasteiger partial charge on any atom is -0.619 e. The molecule has 49 heavy (non-hydrogen) atoms. The van der Waals surface area contributed by atoms with Gasteiger partial charge in [-0.15, -0.1) is 11.3 Å². The minimum atomic E-state index is -2.67. The van der Waals surface area contributed by atoms with Crippen LogP contribution in [-0.2, 0) is 22.5 Å². The number of hydrogen-bond donors (Lipinski definition) is 1. The van der Waals surface area contributed by atoms with Gasteiger partial charge in [0.15, 0.2) is 23.9 Å². The molecule has 260 valence electrons. The number of methoxy groups -OCH3 is 2. The molecular formula is C36H37Cl2F2N3O5S. The number of rotatable bonds is 13. The zero-order valence-corrected chi connectivity index (χ0v) is 29.4. The quantitative estimate of drug-likeness (QED) is 0.0867. The number of esters is 1. The van der Waals surface area contributed by atoms with Crippen molar-refractivity contribution in [2.24, 2.45) is 5.92 Å². The molecule has 1 unspecified atom stereocenters. The van der Waals surface area contributed by atoms with Crippen molar-refractivity contribution in [2.75, 3.05) is 33.9 Å². The molecule has 7 rings (SSSR count). The molecule has 0 amide bonds. The molecule has 0 radical (unpaired) electrons. The van der Waals surface area contributed by atoms with Gasteiger partial charge in [-0.05, 0) is 79.7 Å². The molecule has 0 aliphatic carbocycles. The normalized spacial score (nSPS) is 19.9. The Kier molecular flexibility index (Phi) is 11.3. The molecule has 0 saturated carbocycles. The first kappa shape index (κ1) is 35.3. The Balaban J connectivity index is 1.27. The van der Waals surface area contributed by atoms with Crippen LogP contribution >= 0.6 is 34.5 Å². The van der Waals surface area contributed by atoms with E-state index in [-0.39, 0.29) is 34.2 Å². The monoisotopic (exact) mass is 731 g/mol. The van der Waals surface area contributed by atoms with E-state index in [0.29, 0.717) is 46.2 Å². The number of alkyl halides is 2. The Labute approximate surface area is 298 Å². The summed E-state index contributed by atoms with van der Waals surface area (Å²) >= 11 is 14.5. The second kappa shape index (κ2) is 15.6. The smallest absolute Gasteiger partial charge is 0.328 e. The number of pyridine rings is 1. The zero-order valence-electron chi connectivity index (χ0n) is 27.0. The second-order valence-corrected chi connectivity index (χ2v) is 14.4. The number of hydrogen-bond acceptors (Lipinski definition) is 8. The Morgan fingerprint density at radius 2 is 1.71 bits per heavy atom. The summed E-state index contributed by atoms with van der Waals surface area (Å²) in [4.78, 5) is 17.9. The lowest BCUT2D eigenvalue weighted by molar-refractivity contribution is -0.605. The molecule has 3 atom stereocenters.